The molecule has 0 amide bonds. The molecule has 0 aromatic carbocycles. The van der Waals surface area contributed by atoms with E-state index < -0.39 is 0 Å². The zero-order valence-corrected chi connectivity index (χ0v) is 7.08. The van der Waals surface area contributed by atoms with Gasteiger partial charge in [-0.05, 0) is 37.9 Å². The Morgan fingerprint density at radius 2 is 2.12 bits per heavy atom. The molecule has 1 aliphatic rings. The maximum absolute atomic E-state index is 3.28. The molecule has 44 valence electrons. The molecule has 1 aliphatic heterocycles. The maximum Gasteiger partial charge on any atom is 0.0978 e. The predicted molar refractivity (Wildman–Crippen MR) is 40.3 cm³/mol. The summed E-state index contributed by atoms with van der Waals surface area (Å²) in [7, 11) is 0. The summed E-state index contributed by atoms with van der Waals surface area (Å²) in [6, 6.07) is 0. The lowest BCUT2D eigenvalue weighted by Crippen LogP contribution is -2.25. The monoisotopic (exact) mass is 238 g/mol. The number of hydrazine groups is 1. The Kier molecular flexibility index (Phi) is 1.96. The molecule has 0 fully saturated rings. The Bertz CT molecular complexity index is 150. The van der Waals surface area contributed by atoms with Gasteiger partial charge < -0.3 is 5.43 Å². The topological polar surface area (TPSA) is 24.1 Å². The minimum absolute atomic E-state index is 0.923. The van der Waals surface area contributed by atoms with Crippen LogP contribution < -0.4 is 10.9 Å². The Balaban J connectivity index is 2.69. The Morgan fingerprint density at radius 3 is 2.50 bits per heavy atom. The molecule has 0 radical (unpaired) electrons. The SMILES string of the molecule is BrC1=CNNC(Br)=C1. The number of allylic oxidation sites excluding steroid dienone is 2. The third kappa shape index (κ3) is 1.52. The summed E-state index contributed by atoms with van der Waals surface area (Å²) >= 11 is 6.53. The van der Waals surface area contributed by atoms with Gasteiger partial charge in [-0.25, -0.2) is 0 Å². The molecule has 0 atom stereocenters. The van der Waals surface area contributed by atoms with Crippen molar-refractivity contribution in [2.75, 3.05) is 0 Å². The molecule has 2 nitrogen and oxygen atoms in total. The van der Waals surface area contributed by atoms with Crippen molar-refractivity contribution in [3.8, 4) is 0 Å². The lowest BCUT2D eigenvalue weighted by molar-refractivity contribution is 0.757. The van der Waals surface area contributed by atoms with Crippen LogP contribution in [0.25, 0.3) is 0 Å². The van der Waals surface area contributed by atoms with Crippen LogP contribution in [0.3, 0.4) is 0 Å². The van der Waals surface area contributed by atoms with Gasteiger partial charge in [-0.3, -0.25) is 5.43 Å². The molecule has 0 aliphatic carbocycles. The van der Waals surface area contributed by atoms with Crippen molar-refractivity contribution in [3.05, 3.63) is 21.4 Å². The fourth-order valence-electron chi connectivity index (χ4n) is 0.373. The first-order chi connectivity index (χ1) is 3.79. The summed E-state index contributed by atoms with van der Waals surface area (Å²) < 4.78 is 1.94. The third-order valence-electron chi connectivity index (χ3n) is 0.666. The van der Waals surface area contributed by atoms with Crippen molar-refractivity contribution in [1.82, 2.24) is 10.9 Å². The first kappa shape index (κ1) is 6.16. The normalized spacial score (nSPS) is 17.8. The Morgan fingerprint density at radius 1 is 1.38 bits per heavy atom. The second-order valence-electron chi connectivity index (χ2n) is 1.29. The van der Waals surface area contributed by atoms with Crippen LogP contribution in [0.5, 0.6) is 0 Å². The van der Waals surface area contributed by atoms with Crippen molar-refractivity contribution in [2.24, 2.45) is 0 Å². The van der Waals surface area contributed by atoms with Gasteiger partial charge in [0.2, 0.25) is 0 Å². The van der Waals surface area contributed by atoms with Crippen LogP contribution in [0.15, 0.2) is 21.4 Å². The smallest absolute Gasteiger partial charge is 0.0978 e. The summed E-state index contributed by atoms with van der Waals surface area (Å²) in [5.74, 6) is 0. The van der Waals surface area contributed by atoms with Gasteiger partial charge >= 0.3 is 0 Å². The summed E-state index contributed by atoms with van der Waals surface area (Å²) in [5.41, 5.74) is 5.64. The van der Waals surface area contributed by atoms with Gasteiger partial charge in [0.05, 0.1) is 4.61 Å². The van der Waals surface area contributed by atoms with Crippen LogP contribution in [0.4, 0.5) is 0 Å². The van der Waals surface area contributed by atoms with Crippen molar-refractivity contribution in [1.29, 1.82) is 0 Å². The van der Waals surface area contributed by atoms with E-state index >= 15 is 0 Å². The van der Waals surface area contributed by atoms with Crippen molar-refractivity contribution < 1.29 is 0 Å². The first-order valence-corrected chi connectivity index (χ1v) is 3.62. The average Bonchev–Trinajstić information content (AvgIpc) is 1.64. The zero-order valence-electron chi connectivity index (χ0n) is 3.91. The zero-order chi connectivity index (χ0) is 5.98. The second-order valence-corrected chi connectivity index (χ2v) is 3.06. The van der Waals surface area contributed by atoms with Crippen LogP contribution in [-0.4, -0.2) is 0 Å². The number of nitrogens with one attached hydrogen (secondary N) is 2. The lowest BCUT2D eigenvalue weighted by Gasteiger charge is -2.08. The molecule has 0 spiro atoms. The number of rotatable bonds is 0. The van der Waals surface area contributed by atoms with E-state index in [1.807, 2.05) is 12.3 Å². The van der Waals surface area contributed by atoms with E-state index in [9.17, 15) is 0 Å². The van der Waals surface area contributed by atoms with E-state index in [1.54, 1.807) is 0 Å². The molecule has 0 bridgehead atoms. The van der Waals surface area contributed by atoms with Crippen molar-refractivity contribution in [2.45, 2.75) is 0 Å². The minimum atomic E-state index is 0.923. The maximum atomic E-state index is 3.28. The molecule has 0 saturated carbocycles. The van der Waals surface area contributed by atoms with Crippen LogP contribution >= 0.6 is 31.9 Å². The summed E-state index contributed by atoms with van der Waals surface area (Å²) in [6.07, 6.45) is 3.72. The molecule has 1 rings (SSSR count). The molecular weight excluding hydrogens is 236 g/mol. The highest BCUT2D eigenvalue weighted by molar-refractivity contribution is 9.12. The quantitative estimate of drug-likeness (QED) is 0.628. The van der Waals surface area contributed by atoms with E-state index in [1.165, 1.54) is 0 Å². The summed E-state index contributed by atoms with van der Waals surface area (Å²) in [5, 5.41) is 0. The first-order valence-electron chi connectivity index (χ1n) is 2.03. The highest BCUT2D eigenvalue weighted by Crippen LogP contribution is 2.13. The van der Waals surface area contributed by atoms with Crippen LogP contribution in [0.2, 0.25) is 0 Å². The van der Waals surface area contributed by atoms with Crippen LogP contribution in [0.1, 0.15) is 0 Å². The Hall–Kier alpha value is 0.0400. The van der Waals surface area contributed by atoms with Gasteiger partial charge in [-0.15, -0.1) is 0 Å². The van der Waals surface area contributed by atoms with E-state index in [2.05, 4.69) is 42.7 Å². The van der Waals surface area contributed by atoms with E-state index in [0.29, 0.717) is 0 Å². The number of halogens is 2. The Labute approximate surface area is 64.3 Å². The fraction of sp³-hybridized carbons (Fsp3) is 0. The molecule has 8 heavy (non-hydrogen) atoms. The molecule has 0 aromatic heterocycles. The van der Waals surface area contributed by atoms with Gasteiger partial charge in [0.15, 0.2) is 0 Å². The molecule has 1 heterocycles. The summed E-state index contributed by atoms with van der Waals surface area (Å²) in [4.78, 5) is 0. The predicted octanol–water partition coefficient (Wildman–Crippen LogP) is 1.57. The van der Waals surface area contributed by atoms with Gasteiger partial charge in [0.1, 0.15) is 0 Å². The van der Waals surface area contributed by atoms with Gasteiger partial charge in [-0.1, -0.05) is 0 Å². The third-order valence-corrected chi connectivity index (χ3v) is 1.55. The minimum Gasteiger partial charge on any atom is -0.307 e. The molecule has 0 aromatic rings. The highest BCUT2D eigenvalue weighted by atomic mass is 79.9. The summed E-state index contributed by atoms with van der Waals surface area (Å²) in [6.45, 7) is 0. The standard InChI is InChI=1S/C4H4Br2N2/c5-3-1-4(6)8-7-2-3/h1-2,7-8H. The van der Waals surface area contributed by atoms with E-state index in [4.69, 9.17) is 0 Å². The molecule has 4 heteroatoms. The molecule has 2 N–H and O–H groups in total. The van der Waals surface area contributed by atoms with Crippen molar-refractivity contribution in [3.63, 3.8) is 0 Å². The largest absolute Gasteiger partial charge is 0.307 e. The fourth-order valence-corrected chi connectivity index (χ4v) is 1.38. The van der Waals surface area contributed by atoms with E-state index in [0.717, 1.165) is 9.09 Å². The van der Waals surface area contributed by atoms with Crippen molar-refractivity contribution >= 4 is 31.9 Å². The van der Waals surface area contributed by atoms with Crippen LogP contribution in [-0.2, 0) is 0 Å². The average molecular weight is 240 g/mol. The molecular formula is C4H4Br2N2. The number of hydrogen-bond donors (Lipinski definition) is 2. The van der Waals surface area contributed by atoms with Crippen LogP contribution in [0, 0.1) is 0 Å². The molecule has 0 saturated heterocycles. The van der Waals surface area contributed by atoms with E-state index in [-0.39, 0.29) is 0 Å². The van der Waals surface area contributed by atoms with Gasteiger partial charge in [0.25, 0.3) is 0 Å². The molecule has 0 unspecified atom stereocenters. The van der Waals surface area contributed by atoms with Gasteiger partial charge in [-0.2, -0.15) is 0 Å². The highest BCUT2D eigenvalue weighted by Gasteiger charge is 1.94. The van der Waals surface area contributed by atoms with Gasteiger partial charge in [0, 0.05) is 10.7 Å². The number of hydrogen-bond acceptors (Lipinski definition) is 2. The lowest BCUT2D eigenvalue weighted by atomic mass is 10.5. The second kappa shape index (κ2) is 2.55.